The maximum absolute atomic E-state index is 10.4. The topological polar surface area (TPSA) is 219 Å². The fourth-order valence-electron chi connectivity index (χ4n) is 2.46. The number of rotatable bonds is 5. The quantitative estimate of drug-likeness (QED) is 0.0989. The summed E-state index contributed by atoms with van der Waals surface area (Å²) in [7, 11) is -1.34. The number of aromatic hydroxyl groups is 1. The van der Waals surface area contributed by atoms with Crippen LogP contribution in [0, 0.1) is 108 Å². The van der Waals surface area contributed by atoms with Gasteiger partial charge in [-0.25, -0.2) is 0 Å². The van der Waals surface area contributed by atoms with Crippen molar-refractivity contribution in [3.8, 4) is 17.2 Å². The predicted molar refractivity (Wildman–Crippen MR) is 274 cm³/mol. The molecule has 0 atom stereocenters. The number of nitro benzene ring substituents is 2. The van der Waals surface area contributed by atoms with Crippen LogP contribution in [0.5, 0.6) is 17.2 Å². The molecule has 4 aromatic carbocycles. The molecule has 0 unspecified atom stereocenters. The van der Waals surface area contributed by atoms with Gasteiger partial charge < -0.3 is 30.8 Å². The zero-order valence-electron chi connectivity index (χ0n) is 44.7. The molecule has 0 amide bonds. The third-order valence-corrected chi connectivity index (χ3v) is 4.18. The molecule has 0 aliphatic heterocycles. The summed E-state index contributed by atoms with van der Waals surface area (Å²) >= 11 is 0. The Morgan fingerprint density at radius 1 is 0.406 bits per heavy atom. The number of nitrogens with zero attached hydrogens (tertiary/aromatic N) is 2. The van der Waals surface area contributed by atoms with Crippen LogP contribution in [0.25, 0.3) is 0 Å². The summed E-state index contributed by atoms with van der Waals surface area (Å²) in [4.78, 5) is 19.5. The van der Waals surface area contributed by atoms with E-state index >= 15 is 0 Å². The van der Waals surface area contributed by atoms with E-state index in [1.807, 2.05) is 203 Å². The standard InChI is InChI=1S/C12H9NO3.C6H7BO2.C6H5NO3.12C2H6.2Ac.Cu.2H2O/c14-13(15)10-6-8-12(9-7-10)16-11-4-2-1-3-5-11;8-7(9)6-4-2-1-3-5-6;8-6-3-1-5(2-4-6)7(9)10;12*1-2;;;;;/h1-9H;1-5,8-9H;1-4,8H;12*1-2H3;;;;2*1H2. The predicted octanol–water partition coefficient (Wildman–Crippen LogP) is 14.7. The van der Waals surface area contributed by atoms with E-state index in [-0.39, 0.29) is 133 Å². The first kappa shape index (κ1) is 109. The normalized spacial score (nSPS) is 6.28. The van der Waals surface area contributed by atoms with Crippen LogP contribution in [0.4, 0.5) is 11.4 Å². The van der Waals surface area contributed by atoms with Gasteiger partial charge >= 0.3 is 7.12 Å². The number of non-ortho nitro benzene ring substituents is 2. The van der Waals surface area contributed by atoms with Crippen molar-refractivity contribution in [2.45, 2.75) is 166 Å². The van der Waals surface area contributed by atoms with Gasteiger partial charge in [0.1, 0.15) is 17.2 Å². The first-order valence-corrected chi connectivity index (χ1v) is 22.1. The van der Waals surface area contributed by atoms with Crippen molar-refractivity contribution in [3.05, 3.63) is 129 Å². The van der Waals surface area contributed by atoms with Crippen LogP contribution < -0.4 is 10.2 Å². The number of benzene rings is 4. The molecule has 64 heavy (non-hydrogen) atoms. The van der Waals surface area contributed by atoms with Crippen LogP contribution in [-0.2, 0) is 17.1 Å². The van der Waals surface area contributed by atoms with Crippen molar-refractivity contribution < 1.29 is 146 Å². The second-order valence-corrected chi connectivity index (χ2v) is 6.72. The smallest absolute Gasteiger partial charge is 0.488 e. The second-order valence-electron chi connectivity index (χ2n) is 6.72. The van der Waals surface area contributed by atoms with Crippen LogP contribution in [-0.4, -0.2) is 43.1 Å². The van der Waals surface area contributed by atoms with Crippen LogP contribution in [0.15, 0.2) is 109 Å². The molecule has 4 aromatic rings. The summed E-state index contributed by atoms with van der Waals surface area (Å²) in [6, 6.07) is 28.9. The van der Waals surface area contributed by atoms with Crippen molar-refractivity contribution >= 4 is 24.0 Å². The minimum Gasteiger partial charge on any atom is -0.508 e. The Morgan fingerprint density at radius 3 is 0.844 bits per heavy atom. The molecule has 0 aliphatic rings. The zero-order valence-corrected chi connectivity index (χ0v) is 55.1. The molecule has 3 radical (unpaired) electrons. The summed E-state index contributed by atoms with van der Waals surface area (Å²) < 4.78 is 5.49. The molecule has 0 aromatic heterocycles. The first-order valence-electron chi connectivity index (χ1n) is 22.1. The van der Waals surface area contributed by atoms with Crippen molar-refractivity contribution in [3.63, 3.8) is 0 Å². The molecular weight excluding hydrogens is 1290 g/mol. The Balaban J connectivity index is -0.0000000307. The van der Waals surface area contributed by atoms with Crippen LogP contribution in [0.2, 0.25) is 0 Å². The van der Waals surface area contributed by atoms with E-state index in [0.717, 1.165) is 0 Å². The monoisotopic (exact) mass is 1390 g/mol. The van der Waals surface area contributed by atoms with Gasteiger partial charge in [-0.1, -0.05) is 215 Å². The number of hydrogen-bond donors (Lipinski definition) is 3. The third kappa shape index (κ3) is 84.1. The Bertz CT molecular complexity index is 1230. The summed E-state index contributed by atoms with van der Waals surface area (Å²) in [5.41, 5.74) is 0.565. The van der Waals surface area contributed by atoms with Gasteiger partial charge in [-0.3, -0.25) is 20.2 Å². The molecule has 7 N–H and O–H groups in total. The second kappa shape index (κ2) is 114. The fraction of sp³-hybridized carbons (Fsp3) is 0.500. The fourth-order valence-corrected chi connectivity index (χ4v) is 2.46. The number of hydrogen-bond acceptors (Lipinski definition) is 8. The van der Waals surface area contributed by atoms with Gasteiger partial charge in [-0.2, -0.15) is 0 Å². The molecule has 0 saturated carbocycles. The summed E-state index contributed by atoms with van der Waals surface area (Å²) in [6.45, 7) is 48.0. The number of phenols is 1. The molecule has 0 fully saturated rings. The van der Waals surface area contributed by atoms with Crippen LogP contribution >= 0.6 is 0 Å². The van der Waals surface area contributed by atoms with E-state index in [0.29, 0.717) is 17.0 Å². The Labute approximate surface area is 477 Å². The van der Waals surface area contributed by atoms with Gasteiger partial charge in [-0.15, -0.1) is 0 Å². The van der Waals surface area contributed by atoms with Crippen molar-refractivity contribution in [1.82, 2.24) is 0 Å². The number of ether oxygens (including phenoxy) is 1. The molecule has 12 nitrogen and oxygen atoms in total. The SMILES string of the molecule is CC.CC.CC.CC.CC.CC.CC.CC.CC.CC.CC.CC.O.O.O=[N+]([O-])c1ccc(O)cc1.O=[N+]([O-])c1ccc(Oc2ccccc2)cc1.OB(O)c1ccccc1.[Ac].[Ac].[Cu]. The minimum absolute atomic E-state index is 0. The van der Waals surface area contributed by atoms with E-state index in [2.05, 4.69) is 0 Å². The van der Waals surface area contributed by atoms with Gasteiger partial charge in [0.15, 0.2) is 0 Å². The number of nitro groups is 2. The van der Waals surface area contributed by atoms with Crippen LogP contribution in [0.1, 0.15) is 166 Å². The van der Waals surface area contributed by atoms with E-state index in [4.69, 9.17) is 19.9 Å². The molecule has 379 valence electrons. The Morgan fingerprint density at radius 2 is 0.625 bits per heavy atom. The van der Waals surface area contributed by atoms with Gasteiger partial charge in [0.25, 0.3) is 11.4 Å². The van der Waals surface area contributed by atoms with E-state index in [1.54, 1.807) is 36.4 Å². The molecule has 0 heterocycles. The van der Waals surface area contributed by atoms with Crippen molar-refractivity contribution in [2.24, 2.45) is 0 Å². The van der Waals surface area contributed by atoms with Crippen LogP contribution in [0.3, 0.4) is 0 Å². The van der Waals surface area contributed by atoms with Gasteiger partial charge in [-0.05, 0) is 41.9 Å². The minimum atomic E-state index is -1.34. The average Bonchev–Trinajstić information content (AvgIpc) is 3.35. The average molecular weight is 1390 g/mol. The van der Waals surface area contributed by atoms with Gasteiger partial charge in [0, 0.05) is 129 Å². The molecular formula is C48H97Ac2BCuN2O10. The Kier molecular flexibility index (Phi) is 194. The van der Waals surface area contributed by atoms with E-state index in [9.17, 15) is 20.2 Å². The Hall–Kier alpha value is -1.41. The first-order chi connectivity index (χ1) is 28.8. The van der Waals surface area contributed by atoms with Crippen molar-refractivity contribution in [2.75, 3.05) is 0 Å². The third-order valence-electron chi connectivity index (χ3n) is 4.18. The molecule has 16 heteroatoms. The van der Waals surface area contributed by atoms with Crippen molar-refractivity contribution in [1.29, 1.82) is 0 Å². The molecule has 4 rings (SSSR count). The maximum atomic E-state index is 10.4. The van der Waals surface area contributed by atoms with Gasteiger partial charge in [0.05, 0.1) is 9.85 Å². The molecule has 0 aliphatic carbocycles. The number of phenolic OH excluding ortho intramolecular Hbond substituents is 1. The molecule has 0 saturated heterocycles. The molecule has 0 spiro atoms. The largest absolute Gasteiger partial charge is 0.508 e. The summed E-state index contributed by atoms with van der Waals surface area (Å²) in [6.07, 6.45) is 0. The van der Waals surface area contributed by atoms with E-state index in [1.165, 1.54) is 36.4 Å². The van der Waals surface area contributed by atoms with E-state index < -0.39 is 17.0 Å². The summed E-state index contributed by atoms with van der Waals surface area (Å²) in [5.74, 6) is 1.32. The molecule has 0 bridgehead atoms. The van der Waals surface area contributed by atoms with Gasteiger partial charge in [0.2, 0.25) is 0 Å². The maximum Gasteiger partial charge on any atom is 0.488 e. The summed E-state index contributed by atoms with van der Waals surface area (Å²) in [5, 5.41) is 46.3. The zero-order chi connectivity index (χ0) is 49.6. The number of para-hydroxylation sites is 1.